The maximum absolute atomic E-state index is 12.5. The second-order valence-corrected chi connectivity index (χ2v) is 6.01. The van der Waals surface area contributed by atoms with Gasteiger partial charge in [-0.2, -0.15) is 0 Å². The molecule has 22 heavy (non-hydrogen) atoms. The average molecular weight is 355 g/mol. The number of piperazine rings is 1. The Hall–Kier alpha value is -0.560. The van der Waals surface area contributed by atoms with E-state index in [9.17, 15) is 9.59 Å². The van der Waals surface area contributed by atoms with Gasteiger partial charge in [-0.1, -0.05) is 0 Å². The molecule has 0 radical (unpaired) electrons. The molecule has 6 nitrogen and oxygen atoms in total. The molecule has 0 aromatic heterocycles. The molecule has 0 saturated carbocycles. The van der Waals surface area contributed by atoms with Crippen molar-refractivity contribution in [1.82, 2.24) is 20.4 Å². The molecule has 2 aliphatic heterocycles. The topological polar surface area (TPSA) is 64.7 Å². The predicted octanol–water partition coefficient (Wildman–Crippen LogP) is 0.110. The van der Waals surface area contributed by atoms with Gasteiger partial charge in [0.15, 0.2) is 0 Å². The lowest BCUT2D eigenvalue weighted by molar-refractivity contribution is -0.142. The summed E-state index contributed by atoms with van der Waals surface area (Å²) < 4.78 is 0. The van der Waals surface area contributed by atoms with Gasteiger partial charge in [-0.15, -0.1) is 24.8 Å². The molecule has 2 fully saturated rings. The molecule has 0 aliphatic carbocycles. The molecule has 2 rings (SSSR count). The van der Waals surface area contributed by atoms with E-state index in [1.54, 1.807) is 0 Å². The van der Waals surface area contributed by atoms with Crippen molar-refractivity contribution in [3.63, 3.8) is 0 Å². The highest BCUT2D eigenvalue weighted by molar-refractivity contribution is 5.85. The van der Waals surface area contributed by atoms with E-state index >= 15 is 0 Å². The standard InChI is InChI=1S/C14H26N4O2.2ClH/c1-3-16-12(19)10-17-6-8-18(9-7-17)13(20)14(2)4-5-15-11-14;;/h15H,3-11H2,1-2H3,(H,16,19);2*1H. The summed E-state index contributed by atoms with van der Waals surface area (Å²) in [5.41, 5.74) is -0.234. The molecule has 130 valence electrons. The van der Waals surface area contributed by atoms with Crippen molar-refractivity contribution in [2.24, 2.45) is 5.41 Å². The molecule has 2 saturated heterocycles. The Morgan fingerprint density at radius 3 is 2.32 bits per heavy atom. The van der Waals surface area contributed by atoms with Gasteiger partial charge in [0, 0.05) is 39.3 Å². The first-order valence-corrected chi connectivity index (χ1v) is 7.54. The zero-order chi connectivity index (χ0) is 14.6. The lowest BCUT2D eigenvalue weighted by Crippen LogP contribution is -2.54. The van der Waals surface area contributed by atoms with Crippen molar-refractivity contribution < 1.29 is 9.59 Å². The van der Waals surface area contributed by atoms with Gasteiger partial charge in [-0.3, -0.25) is 14.5 Å². The van der Waals surface area contributed by atoms with Crippen LogP contribution in [0.3, 0.4) is 0 Å². The van der Waals surface area contributed by atoms with E-state index in [1.807, 2.05) is 11.8 Å². The second-order valence-electron chi connectivity index (χ2n) is 6.01. The van der Waals surface area contributed by atoms with Crippen molar-refractivity contribution in [1.29, 1.82) is 0 Å². The number of likely N-dealkylation sites (N-methyl/N-ethyl adjacent to an activating group) is 1. The van der Waals surface area contributed by atoms with Crippen LogP contribution < -0.4 is 10.6 Å². The highest BCUT2D eigenvalue weighted by atomic mass is 35.5. The fraction of sp³-hybridized carbons (Fsp3) is 0.857. The molecule has 1 atom stereocenters. The van der Waals surface area contributed by atoms with E-state index in [4.69, 9.17) is 0 Å². The molecule has 2 N–H and O–H groups in total. The lowest BCUT2D eigenvalue weighted by Gasteiger charge is -2.38. The number of nitrogens with one attached hydrogen (secondary N) is 2. The average Bonchev–Trinajstić information content (AvgIpc) is 2.87. The van der Waals surface area contributed by atoms with E-state index in [2.05, 4.69) is 22.5 Å². The zero-order valence-corrected chi connectivity index (χ0v) is 15.0. The molecule has 0 bridgehead atoms. The molecule has 0 spiro atoms. The van der Waals surface area contributed by atoms with E-state index in [0.29, 0.717) is 13.1 Å². The molecule has 2 amide bonds. The fourth-order valence-electron chi connectivity index (χ4n) is 2.95. The molecule has 2 heterocycles. The molecule has 1 unspecified atom stereocenters. The van der Waals surface area contributed by atoms with Gasteiger partial charge in [0.25, 0.3) is 0 Å². The van der Waals surface area contributed by atoms with Crippen LogP contribution in [0.15, 0.2) is 0 Å². The van der Waals surface area contributed by atoms with Gasteiger partial charge < -0.3 is 15.5 Å². The molecule has 8 heteroatoms. The van der Waals surface area contributed by atoms with Crippen molar-refractivity contribution in [2.75, 3.05) is 52.4 Å². The van der Waals surface area contributed by atoms with Crippen molar-refractivity contribution >= 4 is 36.6 Å². The van der Waals surface area contributed by atoms with Gasteiger partial charge in [0.2, 0.25) is 11.8 Å². The number of nitrogens with zero attached hydrogens (tertiary/aromatic N) is 2. The van der Waals surface area contributed by atoms with Gasteiger partial charge in [-0.25, -0.2) is 0 Å². The highest BCUT2D eigenvalue weighted by Gasteiger charge is 2.39. The van der Waals surface area contributed by atoms with Crippen LogP contribution in [0, 0.1) is 5.41 Å². The lowest BCUT2D eigenvalue weighted by atomic mass is 9.88. The third kappa shape index (κ3) is 5.26. The number of amides is 2. The number of rotatable bonds is 4. The first kappa shape index (κ1) is 21.4. The zero-order valence-electron chi connectivity index (χ0n) is 13.4. The summed E-state index contributed by atoms with van der Waals surface area (Å²) in [6.45, 7) is 9.82. The Morgan fingerprint density at radius 2 is 1.82 bits per heavy atom. The first-order chi connectivity index (χ1) is 9.55. The van der Waals surface area contributed by atoms with Crippen molar-refractivity contribution in [3.05, 3.63) is 0 Å². The Balaban J connectivity index is 0.00000220. The van der Waals surface area contributed by atoms with Gasteiger partial charge in [-0.05, 0) is 26.8 Å². The number of halogens is 2. The number of carbonyl (C=O) groups excluding carboxylic acids is 2. The Labute approximate surface area is 145 Å². The molecule has 0 aromatic carbocycles. The highest BCUT2D eigenvalue weighted by Crippen LogP contribution is 2.27. The normalized spacial score (nSPS) is 25.1. The summed E-state index contributed by atoms with van der Waals surface area (Å²) in [6.07, 6.45) is 0.922. The third-order valence-corrected chi connectivity index (χ3v) is 4.29. The maximum Gasteiger partial charge on any atom is 0.234 e. The van der Waals surface area contributed by atoms with Crippen LogP contribution in [0.25, 0.3) is 0 Å². The summed E-state index contributed by atoms with van der Waals surface area (Å²) in [5.74, 6) is 0.333. The van der Waals surface area contributed by atoms with Crippen LogP contribution in [0.4, 0.5) is 0 Å². The maximum atomic E-state index is 12.5. The number of hydrogen-bond donors (Lipinski definition) is 2. The summed E-state index contributed by atoms with van der Waals surface area (Å²) in [6, 6.07) is 0. The Morgan fingerprint density at radius 1 is 1.18 bits per heavy atom. The molecular formula is C14H28Cl2N4O2. The second kappa shape index (κ2) is 9.55. The minimum Gasteiger partial charge on any atom is -0.355 e. The van der Waals surface area contributed by atoms with Crippen LogP contribution in [0.5, 0.6) is 0 Å². The van der Waals surface area contributed by atoms with E-state index in [-0.39, 0.29) is 42.0 Å². The minimum atomic E-state index is -0.234. The summed E-state index contributed by atoms with van der Waals surface area (Å²) in [4.78, 5) is 28.2. The van der Waals surface area contributed by atoms with Crippen LogP contribution in [-0.4, -0.2) is 74.0 Å². The number of hydrogen-bond acceptors (Lipinski definition) is 4. The first-order valence-electron chi connectivity index (χ1n) is 7.54. The Bertz CT molecular complexity index is 368. The van der Waals surface area contributed by atoms with Crippen molar-refractivity contribution in [2.45, 2.75) is 20.3 Å². The third-order valence-electron chi connectivity index (χ3n) is 4.29. The van der Waals surface area contributed by atoms with Gasteiger partial charge in [0.1, 0.15) is 0 Å². The quantitative estimate of drug-likeness (QED) is 0.752. The van der Waals surface area contributed by atoms with Crippen molar-refractivity contribution in [3.8, 4) is 0 Å². The van der Waals surface area contributed by atoms with Crippen LogP contribution in [0.1, 0.15) is 20.3 Å². The molecule has 2 aliphatic rings. The summed E-state index contributed by atoms with van der Waals surface area (Å²) in [7, 11) is 0. The van der Waals surface area contributed by atoms with Crippen LogP contribution in [0.2, 0.25) is 0 Å². The monoisotopic (exact) mass is 354 g/mol. The Kier molecular flexibility index (Phi) is 9.31. The molecular weight excluding hydrogens is 327 g/mol. The smallest absolute Gasteiger partial charge is 0.234 e. The molecule has 0 aromatic rings. The van der Waals surface area contributed by atoms with Gasteiger partial charge >= 0.3 is 0 Å². The summed E-state index contributed by atoms with van der Waals surface area (Å²) in [5, 5.41) is 6.08. The predicted molar refractivity (Wildman–Crippen MR) is 91.8 cm³/mol. The number of carbonyl (C=O) groups is 2. The SMILES string of the molecule is CCNC(=O)CN1CCN(C(=O)C2(C)CCNC2)CC1.Cl.Cl. The van der Waals surface area contributed by atoms with Crippen LogP contribution >= 0.6 is 24.8 Å². The van der Waals surface area contributed by atoms with E-state index in [0.717, 1.165) is 45.7 Å². The fourth-order valence-corrected chi connectivity index (χ4v) is 2.95. The minimum absolute atomic E-state index is 0. The van der Waals surface area contributed by atoms with E-state index in [1.165, 1.54) is 0 Å². The van der Waals surface area contributed by atoms with E-state index < -0.39 is 0 Å². The van der Waals surface area contributed by atoms with Crippen LogP contribution in [-0.2, 0) is 9.59 Å². The largest absolute Gasteiger partial charge is 0.355 e. The van der Waals surface area contributed by atoms with Gasteiger partial charge in [0.05, 0.1) is 12.0 Å². The summed E-state index contributed by atoms with van der Waals surface area (Å²) >= 11 is 0.